The van der Waals surface area contributed by atoms with Crippen LogP contribution in [0.2, 0.25) is 0 Å². The molecule has 0 unspecified atom stereocenters. The summed E-state index contributed by atoms with van der Waals surface area (Å²) < 4.78 is 15.2. The number of carbonyl (C=O) groups excluding carboxylic acids is 6. The molecule has 43 heavy (non-hydrogen) atoms. The van der Waals surface area contributed by atoms with Gasteiger partial charge in [0.05, 0.1) is 25.2 Å². The summed E-state index contributed by atoms with van der Waals surface area (Å²) in [5, 5.41) is 17.5. The van der Waals surface area contributed by atoms with Crippen molar-refractivity contribution in [1.29, 1.82) is 0 Å². The van der Waals surface area contributed by atoms with Gasteiger partial charge in [0.25, 0.3) is 0 Å². The topological polar surface area (TPSA) is 281 Å². The summed E-state index contributed by atoms with van der Waals surface area (Å²) in [5.41, 5.74) is 11.4. The molecule has 1 aromatic carbocycles. The molecular formula is C25H37N6O11P. The standard InChI is InChI=1S/C25H37N6O11P/c1-14(33)21(30-23(36)19-8-5-9-31(19)25(38)17(26)13-42-43(39,40)41)24(37)29-18(10-15-6-3-2-4-7-15)22(35)28-16(12-32)11-20(27)34/h2-4,6-7,12,14,16-19,21,33H,5,8-11,13,26H2,1H3,(H2,27,34)(H,28,35)(H,29,37)(H,30,36)(H2,39,40,41)/t14-,16+,17+,18+,19+,21+/m1/s1. The van der Waals surface area contributed by atoms with E-state index in [4.69, 9.17) is 21.3 Å². The molecule has 238 valence electrons. The number of primary amides is 1. The Balaban J connectivity index is 2.18. The molecule has 1 fully saturated rings. The highest BCUT2D eigenvalue weighted by Crippen LogP contribution is 2.35. The maximum atomic E-state index is 13.3. The lowest BCUT2D eigenvalue weighted by atomic mass is 10.0. The average Bonchev–Trinajstić information content (AvgIpc) is 3.43. The predicted octanol–water partition coefficient (Wildman–Crippen LogP) is -3.43. The Kier molecular flexibility index (Phi) is 13.4. The van der Waals surface area contributed by atoms with Crippen LogP contribution in [0.3, 0.4) is 0 Å². The zero-order valence-electron chi connectivity index (χ0n) is 23.3. The van der Waals surface area contributed by atoms with Crippen LogP contribution >= 0.6 is 7.82 Å². The van der Waals surface area contributed by atoms with Crippen molar-refractivity contribution < 1.29 is 52.7 Å². The summed E-state index contributed by atoms with van der Waals surface area (Å²) >= 11 is 0. The third-order valence-electron chi connectivity index (χ3n) is 6.47. The molecule has 18 heteroatoms. The number of hydrogen-bond donors (Lipinski definition) is 8. The van der Waals surface area contributed by atoms with Crippen LogP contribution in [0, 0.1) is 0 Å². The number of phosphoric acid groups is 1. The molecule has 17 nitrogen and oxygen atoms in total. The molecule has 5 amide bonds. The monoisotopic (exact) mass is 628 g/mol. The third-order valence-corrected chi connectivity index (χ3v) is 6.95. The Morgan fingerprint density at radius 1 is 1.12 bits per heavy atom. The first-order valence-corrected chi connectivity index (χ1v) is 14.8. The fourth-order valence-electron chi connectivity index (χ4n) is 4.37. The first-order valence-electron chi connectivity index (χ1n) is 13.3. The molecule has 1 aliphatic rings. The van der Waals surface area contributed by atoms with Crippen molar-refractivity contribution in [2.24, 2.45) is 11.5 Å². The van der Waals surface area contributed by atoms with E-state index in [0.717, 1.165) is 4.90 Å². The van der Waals surface area contributed by atoms with Gasteiger partial charge < -0.3 is 52.0 Å². The summed E-state index contributed by atoms with van der Waals surface area (Å²) in [5.74, 6) is -4.26. The minimum absolute atomic E-state index is 0.0550. The van der Waals surface area contributed by atoms with Gasteiger partial charge in [-0.1, -0.05) is 30.3 Å². The van der Waals surface area contributed by atoms with Gasteiger partial charge in [-0.3, -0.25) is 28.5 Å². The lowest BCUT2D eigenvalue weighted by Crippen LogP contribution is -2.61. The van der Waals surface area contributed by atoms with E-state index in [1.165, 1.54) is 6.92 Å². The lowest BCUT2D eigenvalue weighted by Gasteiger charge is -2.29. The highest BCUT2D eigenvalue weighted by atomic mass is 31.2. The average molecular weight is 629 g/mol. The maximum absolute atomic E-state index is 13.3. The molecular weight excluding hydrogens is 591 g/mol. The molecule has 0 bridgehead atoms. The lowest BCUT2D eigenvalue weighted by molar-refractivity contribution is -0.141. The van der Waals surface area contributed by atoms with Crippen LogP contribution in [0.1, 0.15) is 31.7 Å². The normalized spacial score (nSPS) is 18.4. The first-order chi connectivity index (χ1) is 20.1. The molecule has 0 aliphatic carbocycles. The molecule has 1 aliphatic heterocycles. The number of carbonyl (C=O) groups is 6. The van der Waals surface area contributed by atoms with Crippen molar-refractivity contribution >= 4 is 43.6 Å². The van der Waals surface area contributed by atoms with E-state index in [1.807, 2.05) is 0 Å². The number of aliphatic hydroxyl groups excluding tert-OH is 1. The maximum Gasteiger partial charge on any atom is 0.469 e. The summed E-state index contributed by atoms with van der Waals surface area (Å²) in [4.78, 5) is 93.6. The van der Waals surface area contributed by atoms with Crippen LogP contribution in [0.15, 0.2) is 30.3 Å². The van der Waals surface area contributed by atoms with Crippen molar-refractivity contribution in [1.82, 2.24) is 20.9 Å². The van der Waals surface area contributed by atoms with E-state index in [1.54, 1.807) is 30.3 Å². The Hall–Kier alpha value is -3.73. The number of hydrogen-bond acceptors (Lipinski definition) is 10. The summed E-state index contributed by atoms with van der Waals surface area (Å²) in [6.07, 6.45) is -1.12. The number of nitrogens with one attached hydrogen (secondary N) is 3. The number of aldehydes is 1. The number of nitrogens with two attached hydrogens (primary N) is 2. The second kappa shape index (κ2) is 16.2. The molecule has 0 saturated carbocycles. The fourth-order valence-corrected chi connectivity index (χ4v) is 4.73. The van der Waals surface area contributed by atoms with Gasteiger partial charge in [0.2, 0.25) is 29.5 Å². The number of aliphatic hydroxyl groups is 1. The van der Waals surface area contributed by atoms with E-state index in [9.17, 15) is 38.4 Å². The number of nitrogens with zero attached hydrogens (tertiary/aromatic N) is 1. The zero-order chi connectivity index (χ0) is 32.3. The van der Waals surface area contributed by atoms with Crippen LogP contribution in [-0.4, -0.2) is 105 Å². The second-order valence-corrected chi connectivity index (χ2v) is 11.2. The van der Waals surface area contributed by atoms with Gasteiger partial charge in [0.1, 0.15) is 30.5 Å². The summed E-state index contributed by atoms with van der Waals surface area (Å²) in [7, 11) is -4.89. The van der Waals surface area contributed by atoms with E-state index in [-0.39, 0.29) is 19.4 Å². The van der Waals surface area contributed by atoms with Crippen molar-refractivity contribution in [2.45, 2.75) is 68.9 Å². The van der Waals surface area contributed by atoms with Crippen LogP contribution < -0.4 is 27.4 Å². The van der Waals surface area contributed by atoms with Crippen LogP contribution in [-0.2, 0) is 44.3 Å². The molecule has 2 rings (SSSR count). The van der Waals surface area contributed by atoms with Crippen LogP contribution in [0.25, 0.3) is 0 Å². The summed E-state index contributed by atoms with van der Waals surface area (Å²) in [6.45, 7) is 0.509. The smallest absolute Gasteiger partial charge is 0.391 e. The minimum Gasteiger partial charge on any atom is -0.391 e. The second-order valence-electron chi connectivity index (χ2n) is 9.98. The van der Waals surface area contributed by atoms with E-state index in [0.29, 0.717) is 18.3 Å². The Morgan fingerprint density at radius 3 is 2.33 bits per heavy atom. The van der Waals surface area contributed by atoms with Crippen LogP contribution in [0.5, 0.6) is 0 Å². The zero-order valence-corrected chi connectivity index (χ0v) is 24.2. The largest absolute Gasteiger partial charge is 0.469 e. The molecule has 1 heterocycles. The van der Waals surface area contributed by atoms with Gasteiger partial charge in [0.15, 0.2) is 0 Å². The number of rotatable bonds is 16. The van der Waals surface area contributed by atoms with Gasteiger partial charge >= 0.3 is 7.82 Å². The Morgan fingerprint density at radius 2 is 1.77 bits per heavy atom. The Labute approximate surface area is 246 Å². The van der Waals surface area contributed by atoms with Crippen molar-refractivity contribution in [3.05, 3.63) is 35.9 Å². The van der Waals surface area contributed by atoms with Gasteiger partial charge in [-0.2, -0.15) is 0 Å². The number of likely N-dealkylation sites (tertiary alicyclic amines) is 1. The van der Waals surface area contributed by atoms with Crippen molar-refractivity contribution in [3.63, 3.8) is 0 Å². The molecule has 1 saturated heterocycles. The molecule has 0 radical (unpaired) electrons. The quantitative estimate of drug-likeness (QED) is 0.0656. The summed E-state index contributed by atoms with van der Waals surface area (Å²) in [6, 6.07) is 1.75. The van der Waals surface area contributed by atoms with E-state index < -0.39 is 86.7 Å². The molecule has 10 N–H and O–H groups in total. The number of benzene rings is 1. The minimum atomic E-state index is -4.89. The van der Waals surface area contributed by atoms with E-state index >= 15 is 0 Å². The van der Waals surface area contributed by atoms with Crippen LogP contribution in [0.4, 0.5) is 0 Å². The number of amides is 5. The van der Waals surface area contributed by atoms with Gasteiger partial charge in [-0.25, -0.2) is 4.57 Å². The van der Waals surface area contributed by atoms with Gasteiger partial charge in [-0.15, -0.1) is 0 Å². The highest BCUT2D eigenvalue weighted by Gasteiger charge is 2.39. The fraction of sp³-hybridized carbons (Fsp3) is 0.520. The SMILES string of the molecule is C[C@@H](O)[C@H](NC(=O)[C@@H]1CCCN1C(=O)[C@@H](N)COP(=O)(O)O)C(=O)N[C@@H](Cc1ccccc1)C(=O)N[C@H](C=O)CC(N)=O. The Bertz CT molecular complexity index is 1210. The highest BCUT2D eigenvalue weighted by molar-refractivity contribution is 7.46. The van der Waals surface area contributed by atoms with E-state index in [2.05, 4.69) is 20.5 Å². The van der Waals surface area contributed by atoms with Gasteiger partial charge in [-0.05, 0) is 25.3 Å². The molecule has 0 spiro atoms. The number of phosphoric ester groups is 1. The van der Waals surface area contributed by atoms with Crippen molar-refractivity contribution in [2.75, 3.05) is 13.2 Å². The third kappa shape index (κ3) is 11.5. The molecule has 6 atom stereocenters. The first kappa shape index (κ1) is 35.5. The van der Waals surface area contributed by atoms with Gasteiger partial charge in [0, 0.05) is 13.0 Å². The molecule has 1 aromatic rings. The predicted molar refractivity (Wildman–Crippen MR) is 148 cm³/mol. The van der Waals surface area contributed by atoms with Crippen molar-refractivity contribution in [3.8, 4) is 0 Å². The molecule has 0 aromatic heterocycles.